The Morgan fingerprint density at radius 3 is 2.52 bits per heavy atom. The van der Waals surface area contributed by atoms with E-state index in [-0.39, 0.29) is 24.4 Å². The number of sulfonamides is 1. The van der Waals surface area contributed by atoms with Gasteiger partial charge in [0.1, 0.15) is 5.60 Å². The first-order valence-corrected chi connectivity index (χ1v) is 10.2. The number of rotatable bonds is 1. The van der Waals surface area contributed by atoms with Gasteiger partial charge in [0.2, 0.25) is 10.0 Å². The number of carbonyl (C=O) groups excluding carboxylic acids is 1. The van der Waals surface area contributed by atoms with Gasteiger partial charge in [0.25, 0.3) is 0 Å². The molecule has 140 valence electrons. The molecule has 0 aromatic carbocycles. The Bertz CT molecular complexity index is 781. The smallest absolute Gasteiger partial charge is 0.410 e. The van der Waals surface area contributed by atoms with Crippen molar-refractivity contribution in [3.8, 4) is 0 Å². The van der Waals surface area contributed by atoms with E-state index in [1.54, 1.807) is 15.8 Å². The van der Waals surface area contributed by atoms with E-state index in [0.717, 1.165) is 5.69 Å². The lowest BCUT2D eigenvalue weighted by Gasteiger charge is -2.36. The van der Waals surface area contributed by atoms with Crippen LogP contribution in [0.5, 0.6) is 0 Å². The van der Waals surface area contributed by atoms with E-state index >= 15 is 0 Å². The van der Waals surface area contributed by atoms with Crippen LogP contribution in [0.15, 0.2) is 6.20 Å². The van der Waals surface area contributed by atoms with Crippen molar-refractivity contribution in [1.82, 2.24) is 14.7 Å². The summed E-state index contributed by atoms with van der Waals surface area (Å²) < 4.78 is 33.6. The normalized spacial score (nSPS) is 25.8. The molecule has 1 fully saturated rings. The molecule has 0 spiro atoms. The fourth-order valence-electron chi connectivity index (χ4n) is 3.33. The summed E-state index contributed by atoms with van der Waals surface area (Å²) in [6.45, 7) is 10.1. The third-order valence-corrected chi connectivity index (χ3v) is 6.48. The molecule has 1 saturated heterocycles. The highest BCUT2D eigenvalue weighted by molar-refractivity contribution is 7.93. The maximum atomic E-state index is 12.5. The van der Waals surface area contributed by atoms with Crippen molar-refractivity contribution in [2.75, 3.05) is 10.1 Å². The quantitative estimate of drug-likeness (QED) is 0.754. The lowest BCUT2D eigenvalue weighted by atomic mass is 10.1. The highest BCUT2D eigenvalue weighted by Gasteiger charge is 2.40. The molecule has 1 aromatic rings. The lowest BCUT2D eigenvalue weighted by Crippen LogP contribution is -2.47. The summed E-state index contributed by atoms with van der Waals surface area (Å²) in [5.74, 6) is 0.144. The summed E-state index contributed by atoms with van der Waals surface area (Å²) in [7, 11) is -3.33. The van der Waals surface area contributed by atoms with Gasteiger partial charge in [-0.15, -0.1) is 0 Å². The van der Waals surface area contributed by atoms with Gasteiger partial charge >= 0.3 is 6.09 Å². The van der Waals surface area contributed by atoms with Crippen LogP contribution in [0.2, 0.25) is 0 Å². The lowest BCUT2D eigenvalue weighted by molar-refractivity contribution is 0.00914. The van der Waals surface area contributed by atoms with Crippen molar-refractivity contribution in [3.63, 3.8) is 0 Å². The summed E-state index contributed by atoms with van der Waals surface area (Å²) >= 11 is 0. The van der Waals surface area contributed by atoms with Crippen LogP contribution in [0.4, 0.5) is 10.5 Å². The van der Waals surface area contributed by atoms with Crippen LogP contribution in [0, 0.1) is 0 Å². The number of amides is 1. The molecule has 3 heterocycles. The predicted molar refractivity (Wildman–Crippen MR) is 93.8 cm³/mol. The highest BCUT2D eigenvalue weighted by atomic mass is 32.2. The van der Waals surface area contributed by atoms with Crippen molar-refractivity contribution in [2.24, 2.45) is 0 Å². The topological polar surface area (TPSA) is 84.7 Å². The van der Waals surface area contributed by atoms with Gasteiger partial charge in [-0.2, -0.15) is 5.10 Å². The molecule has 0 N–H and O–H groups in total. The maximum Gasteiger partial charge on any atom is 0.410 e. The molecule has 1 unspecified atom stereocenters. The minimum absolute atomic E-state index is 0.0808. The van der Waals surface area contributed by atoms with E-state index in [2.05, 4.69) is 5.10 Å². The Morgan fingerprint density at radius 2 is 1.96 bits per heavy atom. The van der Waals surface area contributed by atoms with Crippen molar-refractivity contribution in [2.45, 2.75) is 71.8 Å². The number of hydrogen-bond acceptors (Lipinski definition) is 5. The second kappa shape index (κ2) is 5.89. The number of ether oxygens (including phenoxy) is 1. The van der Waals surface area contributed by atoms with Crippen LogP contribution in [0.25, 0.3) is 0 Å². The van der Waals surface area contributed by atoms with Gasteiger partial charge in [-0.05, 0) is 41.0 Å². The average Bonchev–Trinajstić information content (AvgIpc) is 2.96. The van der Waals surface area contributed by atoms with E-state index in [0.29, 0.717) is 18.7 Å². The Hall–Kier alpha value is -1.77. The zero-order valence-corrected chi connectivity index (χ0v) is 16.2. The van der Waals surface area contributed by atoms with Gasteiger partial charge < -0.3 is 4.74 Å². The van der Waals surface area contributed by atoms with E-state index < -0.39 is 21.7 Å². The molecule has 9 heteroatoms. The molecule has 8 nitrogen and oxygen atoms in total. The van der Waals surface area contributed by atoms with Crippen LogP contribution in [0.3, 0.4) is 0 Å². The van der Waals surface area contributed by atoms with E-state index in [1.807, 2.05) is 34.6 Å². The summed E-state index contributed by atoms with van der Waals surface area (Å²) in [5, 5.41) is 4.35. The number of fused-ring (bicyclic) bond motifs is 1. The second-order valence-electron chi connectivity index (χ2n) is 7.87. The summed E-state index contributed by atoms with van der Waals surface area (Å²) in [6.07, 6.45) is 1.80. The first kappa shape index (κ1) is 18.0. The zero-order valence-electron chi connectivity index (χ0n) is 15.4. The molecular weight excluding hydrogens is 344 g/mol. The number of carbonyl (C=O) groups is 1. The Labute approximate surface area is 148 Å². The fourth-order valence-corrected chi connectivity index (χ4v) is 5.27. The molecule has 1 aromatic heterocycles. The summed E-state index contributed by atoms with van der Waals surface area (Å²) in [4.78, 5) is 14.2. The van der Waals surface area contributed by atoms with Gasteiger partial charge in [-0.1, -0.05) is 0 Å². The Morgan fingerprint density at radius 1 is 1.28 bits per heavy atom. The van der Waals surface area contributed by atoms with Gasteiger partial charge in [0, 0.05) is 6.04 Å². The molecule has 0 aliphatic carbocycles. The van der Waals surface area contributed by atoms with Crippen molar-refractivity contribution in [1.29, 1.82) is 0 Å². The van der Waals surface area contributed by atoms with E-state index in [1.165, 1.54) is 4.31 Å². The fraction of sp³-hybridized carbons (Fsp3) is 0.750. The molecule has 0 saturated carbocycles. The molecule has 25 heavy (non-hydrogen) atoms. The second-order valence-corrected chi connectivity index (χ2v) is 9.83. The number of aromatic nitrogens is 2. The first-order chi connectivity index (χ1) is 11.5. The van der Waals surface area contributed by atoms with Gasteiger partial charge in [0.05, 0.1) is 42.5 Å². The molecule has 3 rings (SSSR count). The third kappa shape index (κ3) is 3.33. The van der Waals surface area contributed by atoms with Crippen LogP contribution >= 0.6 is 0 Å². The van der Waals surface area contributed by atoms with Crippen LogP contribution in [-0.4, -0.2) is 52.6 Å². The molecule has 0 radical (unpaired) electrons. The summed E-state index contributed by atoms with van der Waals surface area (Å²) in [5.41, 5.74) is 0.733. The number of hydrogen-bond donors (Lipinski definition) is 0. The summed E-state index contributed by atoms with van der Waals surface area (Å²) in [6, 6.07) is -0.184. The standard InChI is InChI=1S/C16H26N4O4S/c1-11-6-7-25(22,23)20(11)13-8-17-19-9-12(2)18(10-14(13)19)15(21)24-16(3,4)5/h8,11-12H,6-7,9-10H2,1-5H3/t11?,12-/m0/s1. The molecule has 2 atom stereocenters. The predicted octanol–water partition coefficient (Wildman–Crippen LogP) is 1.95. The number of anilines is 1. The van der Waals surface area contributed by atoms with Crippen molar-refractivity contribution < 1.29 is 17.9 Å². The van der Waals surface area contributed by atoms with Gasteiger partial charge in [0.15, 0.2) is 0 Å². The molecule has 2 aliphatic heterocycles. The van der Waals surface area contributed by atoms with Crippen LogP contribution in [0.1, 0.15) is 46.7 Å². The Balaban J connectivity index is 1.92. The van der Waals surface area contributed by atoms with Crippen molar-refractivity contribution >= 4 is 21.8 Å². The maximum absolute atomic E-state index is 12.5. The zero-order chi connectivity index (χ0) is 18.6. The highest BCUT2D eigenvalue weighted by Crippen LogP contribution is 2.34. The van der Waals surface area contributed by atoms with Crippen molar-refractivity contribution in [3.05, 3.63) is 11.9 Å². The van der Waals surface area contributed by atoms with Gasteiger partial charge in [-0.25, -0.2) is 13.2 Å². The van der Waals surface area contributed by atoms with Gasteiger partial charge in [-0.3, -0.25) is 13.9 Å². The SMILES string of the molecule is CC1CCS(=O)(=O)N1c1cnn2c1CN(C(=O)OC(C)(C)C)[C@@H](C)C2. The Kier molecular flexibility index (Phi) is 4.25. The minimum atomic E-state index is -3.33. The van der Waals surface area contributed by atoms with E-state index in [4.69, 9.17) is 4.74 Å². The van der Waals surface area contributed by atoms with E-state index in [9.17, 15) is 13.2 Å². The number of nitrogens with zero attached hydrogens (tertiary/aromatic N) is 4. The molecular formula is C16H26N4O4S. The third-order valence-electron chi connectivity index (χ3n) is 4.58. The largest absolute Gasteiger partial charge is 0.444 e. The molecule has 1 amide bonds. The first-order valence-electron chi connectivity index (χ1n) is 8.56. The average molecular weight is 370 g/mol. The monoisotopic (exact) mass is 370 g/mol. The minimum Gasteiger partial charge on any atom is -0.444 e. The molecule has 2 aliphatic rings. The van der Waals surface area contributed by atoms with Crippen LogP contribution < -0.4 is 4.31 Å². The van der Waals surface area contributed by atoms with Crippen LogP contribution in [-0.2, 0) is 27.8 Å². The molecule has 0 bridgehead atoms.